The Morgan fingerprint density at radius 2 is 1.48 bits per heavy atom. The van der Waals surface area contributed by atoms with Crippen LogP contribution in [-0.2, 0) is 0 Å². The Labute approximate surface area is 160 Å². The van der Waals surface area contributed by atoms with Gasteiger partial charge in [-0.05, 0) is 28.8 Å². The molecule has 0 unspecified atom stereocenters. The van der Waals surface area contributed by atoms with E-state index in [0.717, 1.165) is 22.1 Å². The van der Waals surface area contributed by atoms with Gasteiger partial charge < -0.3 is 0 Å². The van der Waals surface area contributed by atoms with Crippen molar-refractivity contribution in [1.29, 1.82) is 0 Å². The molecule has 0 aliphatic carbocycles. The van der Waals surface area contributed by atoms with E-state index in [1.54, 1.807) is 18.0 Å². The molecule has 27 heavy (non-hydrogen) atoms. The van der Waals surface area contributed by atoms with E-state index in [4.69, 9.17) is 0 Å². The average molecular weight is 369 g/mol. The van der Waals surface area contributed by atoms with E-state index in [0.29, 0.717) is 5.82 Å². The molecule has 5 rings (SSSR count). The zero-order chi connectivity index (χ0) is 18.1. The summed E-state index contributed by atoms with van der Waals surface area (Å²) in [5.41, 5.74) is 8.71. The molecule has 1 aliphatic rings. The summed E-state index contributed by atoms with van der Waals surface area (Å²) in [6, 6.07) is 24.6. The first-order valence-corrected chi connectivity index (χ1v) is 9.43. The smallest absolute Gasteiger partial charge is 0.214 e. The van der Waals surface area contributed by atoms with Crippen molar-refractivity contribution in [2.24, 2.45) is 0 Å². The summed E-state index contributed by atoms with van der Waals surface area (Å²) in [7, 11) is 0. The first-order chi connectivity index (χ1) is 13.4. The van der Waals surface area contributed by atoms with Gasteiger partial charge in [0.1, 0.15) is 5.69 Å². The molecule has 2 aromatic carbocycles. The Bertz CT molecular complexity index is 1100. The molecule has 4 aromatic rings. The molecule has 0 radical (unpaired) electrons. The van der Waals surface area contributed by atoms with Crippen LogP contribution in [0.15, 0.2) is 89.6 Å². The maximum absolute atomic E-state index is 4.38. The number of nitrogens with one attached hydrogen (secondary N) is 1. The van der Waals surface area contributed by atoms with Crippen LogP contribution in [0.2, 0.25) is 0 Å². The first-order valence-electron chi connectivity index (χ1n) is 8.55. The second kappa shape index (κ2) is 6.74. The Morgan fingerprint density at radius 1 is 0.741 bits per heavy atom. The van der Waals surface area contributed by atoms with E-state index >= 15 is 0 Å². The summed E-state index contributed by atoms with van der Waals surface area (Å²) < 4.78 is 1.88. The second-order valence-electron chi connectivity index (χ2n) is 6.06. The van der Waals surface area contributed by atoms with Gasteiger partial charge in [0, 0.05) is 11.6 Å². The summed E-state index contributed by atoms with van der Waals surface area (Å²) in [5.74, 6) is 0.699. The van der Waals surface area contributed by atoms with Gasteiger partial charge in [-0.15, -0.1) is 10.2 Å². The van der Waals surface area contributed by atoms with Crippen LogP contribution in [0, 0.1) is 0 Å². The minimum Gasteiger partial charge on any atom is -0.289 e. The van der Waals surface area contributed by atoms with Crippen LogP contribution < -0.4 is 5.43 Å². The Morgan fingerprint density at radius 3 is 2.26 bits per heavy atom. The third-order valence-electron chi connectivity index (χ3n) is 4.34. The van der Waals surface area contributed by atoms with Gasteiger partial charge in [0.2, 0.25) is 11.0 Å². The van der Waals surface area contributed by atoms with Crippen molar-refractivity contribution in [3.63, 3.8) is 0 Å². The molecule has 130 valence electrons. The zero-order valence-electron chi connectivity index (χ0n) is 14.3. The van der Waals surface area contributed by atoms with Crippen LogP contribution in [-0.4, -0.2) is 19.9 Å². The number of rotatable bonds is 3. The number of pyridine rings is 1. The van der Waals surface area contributed by atoms with E-state index in [2.05, 4.69) is 74.5 Å². The molecule has 0 spiro atoms. The van der Waals surface area contributed by atoms with E-state index in [9.17, 15) is 0 Å². The molecule has 1 N–H and O–H groups in total. The summed E-state index contributed by atoms with van der Waals surface area (Å²) in [6.07, 6.45) is 1.76. The third-order valence-corrected chi connectivity index (χ3v) is 5.17. The highest BCUT2D eigenvalue weighted by Gasteiger charge is 2.20. The van der Waals surface area contributed by atoms with E-state index in [1.807, 2.05) is 28.9 Å². The monoisotopic (exact) mass is 369 g/mol. The normalized spacial score (nSPS) is 12.8. The molecular formula is C21H15N5S. The highest BCUT2D eigenvalue weighted by atomic mass is 32.2. The van der Waals surface area contributed by atoms with Gasteiger partial charge in [-0.2, -0.15) is 0 Å². The van der Waals surface area contributed by atoms with Crippen LogP contribution >= 0.6 is 11.8 Å². The third kappa shape index (κ3) is 3.00. The molecule has 2 aromatic heterocycles. The second-order valence-corrected chi connectivity index (χ2v) is 6.90. The van der Waals surface area contributed by atoms with Gasteiger partial charge in [0.05, 0.1) is 5.70 Å². The van der Waals surface area contributed by atoms with Crippen molar-refractivity contribution in [3.8, 4) is 22.6 Å². The lowest BCUT2D eigenvalue weighted by atomic mass is 10.0. The van der Waals surface area contributed by atoms with Crippen LogP contribution in [0.1, 0.15) is 5.56 Å². The summed E-state index contributed by atoms with van der Waals surface area (Å²) >= 11 is 1.54. The topological polar surface area (TPSA) is 55.6 Å². The predicted octanol–water partition coefficient (Wildman–Crippen LogP) is 4.65. The SMILES string of the molecule is C1=C(c2ccc(-c3ccccc3)cc2)Nn2c(nnc2-c2ccccn2)S1. The molecule has 0 bridgehead atoms. The Balaban J connectivity index is 1.44. The summed E-state index contributed by atoms with van der Waals surface area (Å²) in [6.45, 7) is 0. The van der Waals surface area contributed by atoms with E-state index < -0.39 is 0 Å². The lowest BCUT2D eigenvalue weighted by Crippen LogP contribution is -2.18. The minimum absolute atomic E-state index is 0.699. The van der Waals surface area contributed by atoms with Crippen molar-refractivity contribution >= 4 is 17.5 Å². The summed E-state index contributed by atoms with van der Waals surface area (Å²) in [5, 5.41) is 11.4. The Hall–Kier alpha value is -3.38. The predicted molar refractivity (Wildman–Crippen MR) is 108 cm³/mol. The van der Waals surface area contributed by atoms with Gasteiger partial charge in [-0.25, -0.2) is 4.68 Å². The van der Waals surface area contributed by atoms with Crippen molar-refractivity contribution < 1.29 is 0 Å². The number of thioether (sulfide) groups is 1. The number of hydrogen-bond acceptors (Lipinski definition) is 5. The molecule has 0 fully saturated rings. The van der Waals surface area contributed by atoms with Gasteiger partial charge >= 0.3 is 0 Å². The fourth-order valence-corrected chi connectivity index (χ4v) is 3.71. The largest absolute Gasteiger partial charge is 0.289 e. The molecule has 0 saturated carbocycles. The molecular weight excluding hydrogens is 354 g/mol. The number of nitrogens with zero attached hydrogens (tertiary/aromatic N) is 4. The van der Waals surface area contributed by atoms with E-state index in [-0.39, 0.29) is 0 Å². The Kier molecular flexibility index (Phi) is 3.95. The lowest BCUT2D eigenvalue weighted by molar-refractivity contribution is 0.824. The van der Waals surface area contributed by atoms with Crippen molar-refractivity contribution in [3.05, 3.63) is 90.0 Å². The van der Waals surface area contributed by atoms with E-state index in [1.165, 1.54) is 11.1 Å². The zero-order valence-corrected chi connectivity index (χ0v) is 15.1. The van der Waals surface area contributed by atoms with Crippen LogP contribution in [0.3, 0.4) is 0 Å². The number of benzene rings is 2. The first kappa shape index (κ1) is 15.8. The molecule has 3 heterocycles. The van der Waals surface area contributed by atoms with Gasteiger partial charge in [-0.1, -0.05) is 72.4 Å². The molecule has 6 heteroatoms. The lowest BCUT2D eigenvalue weighted by Gasteiger charge is -2.19. The van der Waals surface area contributed by atoms with Crippen LogP contribution in [0.4, 0.5) is 0 Å². The highest BCUT2D eigenvalue weighted by molar-refractivity contribution is 8.02. The summed E-state index contributed by atoms with van der Waals surface area (Å²) in [4.78, 5) is 4.38. The maximum Gasteiger partial charge on any atom is 0.214 e. The fourth-order valence-electron chi connectivity index (χ4n) is 2.97. The molecule has 0 amide bonds. The molecule has 0 saturated heterocycles. The van der Waals surface area contributed by atoms with Crippen molar-refractivity contribution in [2.45, 2.75) is 5.16 Å². The van der Waals surface area contributed by atoms with Crippen LogP contribution in [0.5, 0.6) is 0 Å². The average Bonchev–Trinajstić information content (AvgIpc) is 3.18. The highest BCUT2D eigenvalue weighted by Crippen LogP contribution is 2.31. The number of hydrogen-bond donors (Lipinski definition) is 1. The van der Waals surface area contributed by atoms with Crippen LogP contribution in [0.25, 0.3) is 28.3 Å². The molecule has 5 nitrogen and oxygen atoms in total. The maximum atomic E-state index is 4.38. The van der Waals surface area contributed by atoms with Gasteiger partial charge in [0.15, 0.2) is 0 Å². The van der Waals surface area contributed by atoms with Gasteiger partial charge in [-0.3, -0.25) is 10.4 Å². The standard InChI is InChI=1S/C21H15N5S/c1-2-6-15(7-3-1)16-9-11-17(12-10-16)19-14-27-21-24-23-20(26(21)25-19)18-8-4-5-13-22-18/h1-14,25H. The number of fused-ring (bicyclic) bond motifs is 1. The van der Waals surface area contributed by atoms with Crippen molar-refractivity contribution in [1.82, 2.24) is 19.9 Å². The molecule has 0 atom stereocenters. The quantitative estimate of drug-likeness (QED) is 0.569. The van der Waals surface area contributed by atoms with Gasteiger partial charge in [0.25, 0.3) is 0 Å². The number of aromatic nitrogens is 4. The van der Waals surface area contributed by atoms with Crippen molar-refractivity contribution in [2.75, 3.05) is 5.43 Å². The minimum atomic E-state index is 0.699. The fraction of sp³-hybridized carbons (Fsp3) is 0. The molecule has 1 aliphatic heterocycles.